The highest BCUT2D eigenvalue weighted by Crippen LogP contribution is 2.10. The number of hydrogen-bond donors (Lipinski definition) is 0. The minimum absolute atomic E-state index is 0.0851. The predicted octanol–water partition coefficient (Wildman–Crippen LogP) is 3.23. The Morgan fingerprint density at radius 3 is 2.68 bits per heavy atom. The number of ether oxygens (including phenoxy) is 1. The fourth-order valence-electron chi connectivity index (χ4n) is 2.51. The lowest BCUT2D eigenvalue weighted by atomic mass is 10.1. The van der Waals surface area contributed by atoms with Crippen molar-refractivity contribution in [3.05, 3.63) is 75.8 Å². The zero-order chi connectivity index (χ0) is 17.6. The van der Waals surface area contributed by atoms with E-state index in [9.17, 15) is 9.59 Å². The summed E-state index contributed by atoms with van der Waals surface area (Å²) >= 11 is 5.81. The Morgan fingerprint density at radius 2 is 1.88 bits per heavy atom. The molecule has 3 rings (SSSR count). The number of hydrogen-bond acceptors (Lipinski definition) is 4. The first-order valence-corrected chi connectivity index (χ1v) is 8.35. The number of nitrogens with zero attached hydrogens (tertiary/aromatic N) is 2. The summed E-state index contributed by atoms with van der Waals surface area (Å²) in [4.78, 5) is 28.4. The number of carbonyl (C=O) groups excluding carboxylic acids is 1. The first kappa shape index (κ1) is 17.2. The predicted molar refractivity (Wildman–Crippen MR) is 96.7 cm³/mol. The van der Waals surface area contributed by atoms with Gasteiger partial charge in [-0.25, -0.2) is 4.98 Å². The van der Waals surface area contributed by atoms with Gasteiger partial charge in [-0.3, -0.25) is 14.2 Å². The van der Waals surface area contributed by atoms with Crippen LogP contribution in [0.1, 0.15) is 12.0 Å². The molecule has 0 aliphatic carbocycles. The monoisotopic (exact) mass is 356 g/mol. The zero-order valence-electron chi connectivity index (χ0n) is 13.5. The molecule has 0 saturated heterocycles. The van der Waals surface area contributed by atoms with Gasteiger partial charge >= 0.3 is 5.97 Å². The largest absolute Gasteiger partial charge is 0.465 e. The molecule has 1 aromatic heterocycles. The molecule has 0 fully saturated rings. The van der Waals surface area contributed by atoms with Gasteiger partial charge < -0.3 is 4.74 Å². The number of fused-ring (bicyclic) bond motifs is 1. The highest BCUT2D eigenvalue weighted by Gasteiger charge is 2.06. The molecule has 25 heavy (non-hydrogen) atoms. The van der Waals surface area contributed by atoms with Crippen molar-refractivity contribution in [1.82, 2.24) is 9.55 Å². The van der Waals surface area contributed by atoms with Crippen molar-refractivity contribution in [1.29, 1.82) is 0 Å². The van der Waals surface area contributed by atoms with Gasteiger partial charge in [0.25, 0.3) is 5.56 Å². The molecule has 0 aliphatic rings. The van der Waals surface area contributed by atoms with E-state index in [1.807, 2.05) is 12.1 Å². The van der Waals surface area contributed by atoms with Crippen LogP contribution < -0.4 is 5.56 Å². The smallest absolute Gasteiger partial charge is 0.310 e. The summed E-state index contributed by atoms with van der Waals surface area (Å²) in [5.41, 5.74) is 1.44. The number of carbonyl (C=O) groups is 1. The maximum atomic E-state index is 12.3. The summed E-state index contributed by atoms with van der Waals surface area (Å²) in [6.45, 7) is 0.705. The average Bonchev–Trinajstić information content (AvgIpc) is 2.62. The quantitative estimate of drug-likeness (QED) is 0.502. The third-order valence-electron chi connectivity index (χ3n) is 3.80. The summed E-state index contributed by atoms with van der Waals surface area (Å²) in [7, 11) is 0. The molecule has 1 heterocycles. The molecule has 128 valence electrons. The Kier molecular flexibility index (Phi) is 5.46. The van der Waals surface area contributed by atoms with Crippen molar-refractivity contribution in [2.75, 3.05) is 6.61 Å². The number of aromatic nitrogens is 2. The van der Waals surface area contributed by atoms with E-state index in [2.05, 4.69) is 4.98 Å². The molecule has 5 nitrogen and oxygen atoms in total. The molecule has 0 N–H and O–H groups in total. The number of esters is 1. The van der Waals surface area contributed by atoms with E-state index in [1.54, 1.807) is 36.4 Å². The van der Waals surface area contributed by atoms with Gasteiger partial charge in [-0.05, 0) is 36.2 Å². The van der Waals surface area contributed by atoms with Gasteiger partial charge in [-0.15, -0.1) is 0 Å². The van der Waals surface area contributed by atoms with Gasteiger partial charge in [0.15, 0.2) is 0 Å². The molecule has 0 bridgehead atoms. The van der Waals surface area contributed by atoms with E-state index >= 15 is 0 Å². The second-order valence-corrected chi connectivity index (χ2v) is 6.07. The van der Waals surface area contributed by atoms with Gasteiger partial charge in [0.1, 0.15) is 0 Å². The fourth-order valence-corrected chi connectivity index (χ4v) is 2.63. The van der Waals surface area contributed by atoms with E-state index in [0.717, 1.165) is 5.56 Å². The Labute approximate surface area is 149 Å². The summed E-state index contributed by atoms with van der Waals surface area (Å²) in [6.07, 6.45) is 2.28. The number of aryl methyl sites for hydroxylation is 1. The van der Waals surface area contributed by atoms with Crippen molar-refractivity contribution >= 4 is 28.5 Å². The molecule has 0 radical (unpaired) electrons. The molecular weight excluding hydrogens is 340 g/mol. The Bertz CT molecular complexity index is 935. The molecule has 0 spiro atoms. The average molecular weight is 357 g/mol. The summed E-state index contributed by atoms with van der Waals surface area (Å²) in [6, 6.07) is 14.3. The Balaban J connectivity index is 1.50. The van der Waals surface area contributed by atoms with Gasteiger partial charge in [0.05, 0.1) is 30.3 Å². The standard InChI is InChI=1S/C19H17ClN2O3/c20-15-8-6-14(7-9-15)12-18(23)25-11-3-10-22-13-21-17-5-2-1-4-16(17)19(22)24/h1-2,4-9,13H,3,10-12H2. The van der Waals surface area contributed by atoms with Crippen LogP contribution in [0.2, 0.25) is 5.02 Å². The third kappa shape index (κ3) is 4.45. The van der Waals surface area contributed by atoms with Gasteiger partial charge in [0.2, 0.25) is 0 Å². The van der Waals surface area contributed by atoms with Crippen LogP contribution in [0.25, 0.3) is 10.9 Å². The maximum Gasteiger partial charge on any atom is 0.310 e. The van der Waals surface area contributed by atoms with Crippen molar-refractivity contribution in [2.45, 2.75) is 19.4 Å². The summed E-state index contributed by atoms with van der Waals surface area (Å²) in [5, 5.41) is 1.22. The second kappa shape index (κ2) is 7.94. The number of para-hydroxylation sites is 1. The van der Waals surface area contributed by atoms with Crippen LogP contribution in [0.5, 0.6) is 0 Å². The van der Waals surface area contributed by atoms with Crippen LogP contribution in [0.4, 0.5) is 0 Å². The van der Waals surface area contributed by atoms with Crippen molar-refractivity contribution in [3.63, 3.8) is 0 Å². The topological polar surface area (TPSA) is 61.2 Å². The lowest BCUT2D eigenvalue weighted by Gasteiger charge is -2.08. The Hall–Kier alpha value is -2.66. The third-order valence-corrected chi connectivity index (χ3v) is 4.05. The first-order chi connectivity index (χ1) is 12.1. The maximum absolute atomic E-state index is 12.3. The van der Waals surface area contributed by atoms with E-state index < -0.39 is 0 Å². The van der Waals surface area contributed by atoms with Gasteiger partial charge in [-0.1, -0.05) is 35.9 Å². The van der Waals surface area contributed by atoms with Crippen molar-refractivity contribution < 1.29 is 9.53 Å². The van der Waals surface area contributed by atoms with E-state index in [4.69, 9.17) is 16.3 Å². The summed E-state index contributed by atoms with van der Waals surface area (Å²) < 4.78 is 6.75. The highest BCUT2D eigenvalue weighted by atomic mass is 35.5. The van der Waals surface area contributed by atoms with E-state index in [-0.39, 0.29) is 24.6 Å². The van der Waals surface area contributed by atoms with Crippen molar-refractivity contribution in [2.24, 2.45) is 0 Å². The molecule has 0 atom stereocenters. The van der Waals surface area contributed by atoms with E-state index in [1.165, 1.54) is 10.9 Å². The minimum atomic E-state index is -0.300. The molecule has 0 aliphatic heterocycles. The number of rotatable bonds is 6. The minimum Gasteiger partial charge on any atom is -0.465 e. The SMILES string of the molecule is O=C(Cc1ccc(Cl)cc1)OCCCn1cnc2ccccc2c1=O. The van der Waals surface area contributed by atoms with Crippen molar-refractivity contribution in [3.8, 4) is 0 Å². The van der Waals surface area contributed by atoms with Gasteiger partial charge in [-0.2, -0.15) is 0 Å². The molecule has 3 aromatic rings. The lowest BCUT2D eigenvalue weighted by molar-refractivity contribution is -0.143. The second-order valence-electron chi connectivity index (χ2n) is 5.64. The molecule has 2 aromatic carbocycles. The van der Waals surface area contributed by atoms with E-state index in [0.29, 0.717) is 28.9 Å². The molecule has 6 heteroatoms. The van der Waals surface area contributed by atoms with Crippen LogP contribution in [0, 0.1) is 0 Å². The molecular formula is C19H17ClN2O3. The van der Waals surface area contributed by atoms with Crippen LogP contribution in [0.15, 0.2) is 59.7 Å². The number of halogens is 1. The summed E-state index contributed by atoms with van der Waals surface area (Å²) in [5.74, 6) is -0.300. The molecule has 0 saturated carbocycles. The highest BCUT2D eigenvalue weighted by molar-refractivity contribution is 6.30. The first-order valence-electron chi connectivity index (χ1n) is 7.98. The Morgan fingerprint density at radius 1 is 1.12 bits per heavy atom. The van der Waals surface area contributed by atoms with Crippen LogP contribution >= 0.6 is 11.6 Å². The molecule has 0 amide bonds. The zero-order valence-corrected chi connectivity index (χ0v) is 14.3. The van der Waals surface area contributed by atoms with Gasteiger partial charge in [0, 0.05) is 11.6 Å². The van der Waals surface area contributed by atoms with Crippen LogP contribution in [-0.2, 0) is 22.5 Å². The normalized spacial score (nSPS) is 10.8. The van der Waals surface area contributed by atoms with Crippen LogP contribution in [-0.4, -0.2) is 22.1 Å². The lowest BCUT2D eigenvalue weighted by Crippen LogP contribution is -2.21. The fraction of sp³-hybridized carbons (Fsp3) is 0.211. The van der Waals surface area contributed by atoms with Crippen LogP contribution in [0.3, 0.4) is 0 Å². The number of benzene rings is 2. The molecule has 0 unspecified atom stereocenters.